The van der Waals surface area contributed by atoms with Crippen LogP contribution < -0.4 is 5.43 Å². The highest BCUT2D eigenvalue weighted by Crippen LogP contribution is 2.32. The summed E-state index contributed by atoms with van der Waals surface area (Å²) in [5.74, 6) is -0.693. The molecule has 0 radical (unpaired) electrons. The second kappa shape index (κ2) is 8.15. The Hall–Kier alpha value is -2.66. The number of fused-ring (bicyclic) bond motifs is 3. The molecule has 1 aromatic heterocycles. The first-order valence-corrected chi connectivity index (χ1v) is 9.88. The maximum atomic E-state index is 13.7. The van der Waals surface area contributed by atoms with Gasteiger partial charge in [-0.1, -0.05) is 35.9 Å². The molecule has 0 fully saturated rings. The van der Waals surface area contributed by atoms with Crippen LogP contribution in [-0.4, -0.2) is 16.7 Å². The van der Waals surface area contributed by atoms with Gasteiger partial charge in [0.15, 0.2) is 0 Å². The third kappa shape index (κ3) is 3.67. The van der Waals surface area contributed by atoms with E-state index >= 15 is 0 Å². The quantitative estimate of drug-likeness (QED) is 0.485. The zero-order valence-electron chi connectivity index (χ0n) is 15.4. The lowest BCUT2D eigenvalue weighted by atomic mass is 9.95. The lowest BCUT2D eigenvalue weighted by molar-refractivity contribution is -0.121. The summed E-state index contributed by atoms with van der Waals surface area (Å²) in [6, 6.07) is 12.8. The Morgan fingerprint density at radius 2 is 2.00 bits per heavy atom. The van der Waals surface area contributed by atoms with Crippen molar-refractivity contribution in [2.45, 2.75) is 38.6 Å². The van der Waals surface area contributed by atoms with E-state index in [0.717, 1.165) is 12.8 Å². The van der Waals surface area contributed by atoms with Gasteiger partial charge in [-0.05, 0) is 49.4 Å². The van der Waals surface area contributed by atoms with Crippen LogP contribution in [0.15, 0.2) is 47.6 Å². The zero-order chi connectivity index (χ0) is 19.5. The van der Waals surface area contributed by atoms with E-state index in [4.69, 9.17) is 11.6 Å². The number of carbonyl (C=O) groups excluding carboxylic acids is 1. The number of benzene rings is 2. The Labute approximate surface area is 168 Å². The highest BCUT2D eigenvalue weighted by molar-refractivity contribution is 6.33. The summed E-state index contributed by atoms with van der Waals surface area (Å²) in [5, 5.41) is 5.40. The van der Waals surface area contributed by atoms with Crippen LogP contribution in [0.2, 0.25) is 5.02 Å². The van der Waals surface area contributed by atoms with Crippen molar-refractivity contribution in [3.63, 3.8) is 0 Å². The molecule has 1 heterocycles. The molecule has 0 aliphatic heterocycles. The SMILES string of the molecule is O=C(CCn1c2c(c3ccccc31)CCCC2)NN=Cc1c(F)cccc1Cl. The minimum Gasteiger partial charge on any atom is -0.344 e. The van der Waals surface area contributed by atoms with Gasteiger partial charge in [0.1, 0.15) is 5.82 Å². The van der Waals surface area contributed by atoms with E-state index in [1.807, 2.05) is 6.07 Å². The highest BCUT2D eigenvalue weighted by atomic mass is 35.5. The Kier molecular flexibility index (Phi) is 5.44. The number of hydrogen-bond donors (Lipinski definition) is 1. The molecule has 0 atom stereocenters. The van der Waals surface area contributed by atoms with Crippen molar-refractivity contribution in [3.05, 3.63) is 70.1 Å². The van der Waals surface area contributed by atoms with E-state index in [1.165, 1.54) is 53.3 Å². The molecule has 4 nitrogen and oxygen atoms in total. The molecule has 6 heteroatoms. The molecule has 1 N–H and O–H groups in total. The van der Waals surface area contributed by atoms with Crippen LogP contribution in [0.3, 0.4) is 0 Å². The fourth-order valence-electron chi connectivity index (χ4n) is 3.91. The van der Waals surface area contributed by atoms with Gasteiger partial charge in [0.05, 0.1) is 11.2 Å². The first-order chi connectivity index (χ1) is 13.6. The van der Waals surface area contributed by atoms with Crippen LogP contribution in [0.4, 0.5) is 4.39 Å². The first kappa shape index (κ1) is 18.7. The number of nitrogens with zero attached hydrogens (tertiary/aromatic N) is 2. The smallest absolute Gasteiger partial charge is 0.241 e. The van der Waals surface area contributed by atoms with E-state index in [-0.39, 0.29) is 16.5 Å². The molecule has 2 aromatic carbocycles. The Bertz CT molecular complexity index is 1040. The van der Waals surface area contributed by atoms with Crippen molar-refractivity contribution < 1.29 is 9.18 Å². The van der Waals surface area contributed by atoms with Crippen LogP contribution in [0.5, 0.6) is 0 Å². The van der Waals surface area contributed by atoms with E-state index in [2.05, 4.69) is 33.3 Å². The third-order valence-electron chi connectivity index (χ3n) is 5.23. The van der Waals surface area contributed by atoms with Crippen molar-refractivity contribution in [1.29, 1.82) is 0 Å². The van der Waals surface area contributed by atoms with Gasteiger partial charge in [-0.25, -0.2) is 9.82 Å². The zero-order valence-corrected chi connectivity index (χ0v) is 16.2. The molecule has 0 saturated carbocycles. The summed E-state index contributed by atoms with van der Waals surface area (Å²) in [5.41, 5.74) is 6.59. The van der Waals surface area contributed by atoms with Crippen LogP contribution >= 0.6 is 11.6 Å². The molecular formula is C22H21ClFN3O. The summed E-state index contributed by atoms with van der Waals surface area (Å²) in [7, 11) is 0. The van der Waals surface area contributed by atoms with Crippen LogP contribution in [0.25, 0.3) is 10.9 Å². The molecule has 0 bridgehead atoms. The van der Waals surface area contributed by atoms with Crippen LogP contribution in [0.1, 0.15) is 36.1 Å². The van der Waals surface area contributed by atoms with Gasteiger partial charge in [0, 0.05) is 35.1 Å². The fourth-order valence-corrected chi connectivity index (χ4v) is 4.13. The summed E-state index contributed by atoms with van der Waals surface area (Å²) in [4.78, 5) is 12.2. The minimum atomic E-state index is -0.476. The average Bonchev–Trinajstić information content (AvgIpc) is 3.02. The number of nitrogens with one attached hydrogen (secondary N) is 1. The summed E-state index contributed by atoms with van der Waals surface area (Å²) >= 11 is 5.95. The van der Waals surface area contributed by atoms with Gasteiger partial charge in [-0.15, -0.1) is 0 Å². The first-order valence-electron chi connectivity index (χ1n) is 9.50. The van der Waals surface area contributed by atoms with E-state index in [1.54, 1.807) is 6.07 Å². The number of rotatable bonds is 5. The van der Waals surface area contributed by atoms with Crippen molar-refractivity contribution in [3.8, 4) is 0 Å². The van der Waals surface area contributed by atoms with Crippen LogP contribution in [-0.2, 0) is 24.2 Å². The number of aryl methyl sites for hydroxylation is 2. The average molecular weight is 398 g/mol. The topological polar surface area (TPSA) is 46.4 Å². The molecule has 1 aliphatic carbocycles. The summed E-state index contributed by atoms with van der Waals surface area (Å²) in [6.07, 6.45) is 6.09. The second-order valence-electron chi connectivity index (χ2n) is 6.98. The standard InChI is InChI=1S/C22H21ClFN3O/c23-18-8-5-9-19(24)17(18)14-25-26-22(28)12-13-27-20-10-3-1-6-15(20)16-7-2-4-11-21(16)27/h1,3,5-6,8-10,14H,2,4,7,11-13H2,(H,26,28). The number of aromatic nitrogens is 1. The number of amides is 1. The number of carbonyl (C=O) groups is 1. The predicted octanol–water partition coefficient (Wildman–Crippen LogP) is 4.85. The Morgan fingerprint density at radius 3 is 2.86 bits per heavy atom. The maximum Gasteiger partial charge on any atom is 0.241 e. The van der Waals surface area contributed by atoms with Gasteiger partial charge in [-0.3, -0.25) is 4.79 Å². The van der Waals surface area contributed by atoms with Gasteiger partial charge in [0.2, 0.25) is 5.91 Å². The molecular weight excluding hydrogens is 377 g/mol. The number of hydrazone groups is 1. The largest absolute Gasteiger partial charge is 0.344 e. The molecule has 144 valence electrons. The molecule has 3 aromatic rings. The monoisotopic (exact) mass is 397 g/mol. The van der Waals surface area contributed by atoms with Gasteiger partial charge < -0.3 is 4.57 Å². The van der Waals surface area contributed by atoms with Crippen LogP contribution in [0, 0.1) is 5.82 Å². The lowest BCUT2D eigenvalue weighted by Crippen LogP contribution is -2.20. The third-order valence-corrected chi connectivity index (χ3v) is 5.56. The van der Waals surface area contributed by atoms with Gasteiger partial charge in [0.25, 0.3) is 0 Å². The van der Waals surface area contributed by atoms with Gasteiger partial charge in [-0.2, -0.15) is 5.10 Å². The number of para-hydroxylation sites is 1. The molecule has 1 aliphatic rings. The molecule has 4 rings (SSSR count). The minimum absolute atomic E-state index is 0.162. The van der Waals surface area contributed by atoms with Crippen molar-refractivity contribution >= 4 is 34.6 Å². The summed E-state index contributed by atoms with van der Waals surface area (Å²) < 4.78 is 16.0. The number of halogens is 2. The van der Waals surface area contributed by atoms with Crippen molar-refractivity contribution in [2.75, 3.05) is 0 Å². The fraction of sp³-hybridized carbons (Fsp3) is 0.273. The molecule has 0 spiro atoms. The molecule has 0 saturated heterocycles. The number of hydrogen-bond acceptors (Lipinski definition) is 2. The van der Waals surface area contributed by atoms with E-state index in [9.17, 15) is 9.18 Å². The summed E-state index contributed by atoms with van der Waals surface area (Å²) in [6.45, 7) is 0.595. The second-order valence-corrected chi connectivity index (χ2v) is 7.39. The normalized spacial score (nSPS) is 13.8. The van der Waals surface area contributed by atoms with Gasteiger partial charge >= 0.3 is 0 Å². The van der Waals surface area contributed by atoms with E-state index < -0.39 is 5.82 Å². The molecule has 0 unspecified atom stereocenters. The maximum absolute atomic E-state index is 13.7. The van der Waals surface area contributed by atoms with Crippen molar-refractivity contribution in [1.82, 2.24) is 9.99 Å². The predicted molar refractivity (Wildman–Crippen MR) is 110 cm³/mol. The van der Waals surface area contributed by atoms with E-state index in [0.29, 0.717) is 13.0 Å². The lowest BCUT2D eigenvalue weighted by Gasteiger charge is -2.15. The molecule has 1 amide bonds. The van der Waals surface area contributed by atoms with Crippen molar-refractivity contribution in [2.24, 2.45) is 5.10 Å². The highest BCUT2D eigenvalue weighted by Gasteiger charge is 2.19. The Morgan fingerprint density at radius 1 is 1.18 bits per heavy atom. The Balaban J connectivity index is 1.45. The molecule has 28 heavy (non-hydrogen) atoms.